The van der Waals surface area contributed by atoms with E-state index in [1.807, 2.05) is 54.6 Å². The molecule has 0 bridgehead atoms. The first-order valence-electron chi connectivity index (χ1n) is 15.0. The zero-order valence-corrected chi connectivity index (χ0v) is 24.9. The highest BCUT2D eigenvalue weighted by atomic mass is 15.0. The van der Waals surface area contributed by atoms with E-state index in [-0.39, 0.29) is 0 Å². The first-order valence-corrected chi connectivity index (χ1v) is 15.0. The van der Waals surface area contributed by atoms with Gasteiger partial charge in [0.05, 0.1) is 33.8 Å². The minimum Gasteiger partial charge on any atom is -0.361 e. The van der Waals surface area contributed by atoms with E-state index in [2.05, 4.69) is 86.1 Å². The summed E-state index contributed by atoms with van der Waals surface area (Å²) in [6, 6.07) is 44.6. The maximum Gasteiger partial charge on any atom is 0.270 e. The molecule has 3 aromatic carbocycles. The molecule has 0 saturated heterocycles. The predicted octanol–water partition coefficient (Wildman–Crippen LogP) is 9.45. The lowest BCUT2D eigenvalue weighted by atomic mass is 10.0. The van der Waals surface area contributed by atoms with Gasteiger partial charge in [-0.15, -0.1) is 4.98 Å². The molecule has 7 nitrogen and oxygen atoms in total. The fraction of sp³-hybridized carbons (Fsp3) is 0. The van der Waals surface area contributed by atoms with Gasteiger partial charge >= 0.3 is 0 Å². The van der Waals surface area contributed by atoms with E-state index in [0.717, 1.165) is 72.5 Å². The molecule has 47 heavy (non-hydrogen) atoms. The maximum absolute atomic E-state index is 9.34. The average Bonchev–Trinajstić information content (AvgIpc) is 3.48. The molecule has 5 aromatic heterocycles. The van der Waals surface area contributed by atoms with Crippen molar-refractivity contribution in [2.24, 2.45) is 0 Å². The van der Waals surface area contributed by atoms with Crippen LogP contribution in [-0.4, -0.2) is 24.5 Å². The van der Waals surface area contributed by atoms with Gasteiger partial charge in [-0.1, -0.05) is 49.0 Å². The molecule has 8 aromatic rings. The topological polar surface area (TPSA) is 84.6 Å². The molecule has 0 fully saturated rings. The van der Waals surface area contributed by atoms with Crippen LogP contribution < -0.4 is 0 Å². The second-order valence-electron chi connectivity index (χ2n) is 11.0. The van der Waals surface area contributed by atoms with Crippen LogP contribution >= 0.6 is 0 Å². The Kier molecular flexibility index (Phi) is 6.76. The summed E-state index contributed by atoms with van der Waals surface area (Å²) in [5.74, 6) is 0.341. The third kappa shape index (κ3) is 5.04. The molecule has 0 spiro atoms. The molecule has 8 rings (SSSR count). The number of nitrogens with zero attached hydrogens (tertiary/aromatic N) is 7. The quantitative estimate of drug-likeness (QED) is 0.184. The summed E-state index contributed by atoms with van der Waals surface area (Å²) < 4.78 is 2.29. The van der Waals surface area contributed by atoms with Gasteiger partial charge in [0.2, 0.25) is 0 Å². The molecule has 7 heteroatoms. The molecule has 0 amide bonds. The monoisotopic (exact) mass is 601 g/mol. The van der Waals surface area contributed by atoms with Gasteiger partial charge in [-0.2, -0.15) is 5.26 Å². The van der Waals surface area contributed by atoms with Crippen molar-refractivity contribution in [3.63, 3.8) is 0 Å². The zero-order valence-electron chi connectivity index (χ0n) is 24.9. The number of fused-ring (bicyclic) bond motifs is 3. The normalized spacial score (nSPS) is 10.9. The van der Waals surface area contributed by atoms with Crippen LogP contribution in [0.15, 0.2) is 140 Å². The number of hydrogen-bond donors (Lipinski definition) is 0. The number of pyridine rings is 4. The average molecular weight is 602 g/mol. The van der Waals surface area contributed by atoms with E-state index >= 15 is 0 Å². The summed E-state index contributed by atoms with van der Waals surface area (Å²) in [7, 11) is 0. The van der Waals surface area contributed by atoms with Gasteiger partial charge in [0.25, 0.3) is 5.82 Å². The van der Waals surface area contributed by atoms with Gasteiger partial charge in [-0.05, 0) is 90.5 Å². The number of benzene rings is 3. The van der Waals surface area contributed by atoms with Gasteiger partial charge < -0.3 is 9.41 Å². The Balaban J connectivity index is 1.29. The summed E-state index contributed by atoms with van der Waals surface area (Å²) in [6.45, 7) is 7.34. The minimum atomic E-state index is 0.341. The predicted molar refractivity (Wildman–Crippen MR) is 185 cm³/mol. The van der Waals surface area contributed by atoms with Crippen molar-refractivity contribution in [2.45, 2.75) is 0 Å². The van der Waals surface area contributed by atoms with Crippen molar-refractivity contribution in [1.29, 1.82) is 5.26 Å². The highest BCUT2D eigenvalue weighted by Gasteiger charge is 2.16. The molecule has 0 N–H and O–H groups in total. The first kappa shape index (κ1) is 27.6. The molecule has 0 unspecified atom stereocenters. The maximum atomic E-state index is 9.34. The molecule has 0 atom stereocenters. The van der Waals surface area contributed by atoms with Gasteiger partial charge in [0.15, 0.2) is 0 Å². The summed E-state index contributed by atoms with van der Waals surface area (Å²) in [5.41, 5.74) is 10.5. The van der Waals surface area contributed by atoms with Crippen LogP contribution in [-0.2, 0) is 0 Å². The van der Waals surface area contributed by atoms with E-state index in [9.17, 15) is 5.26 Å². The molecule has 5 heterocycles. The van der Waals surface area contributed by atoms with Crippen molar-refractivity contribution in [3.05, 3.63) is 157 Å². The molecule has 0 aliphatic carbocycles. The first-order chi connectivity index (χ1) is 23.2. The molecular weight excluding hydrogens is 578 g/mol. The second-order valence-corrected chi connectivity index (χ2v) is 11.0. The molecule has 0 saturated carbocycles. The number of para-hydroxylation sites is 1. The Morgan fingerprint density at radius 2 is 1.09 bits per heavy atom. The lowest BCUT2D eigenvalue weighted by Gasteiger charge is -2.09. The Labute approximate surface area is 270 Å². The Morgan fingerprint density at radius 3 is 1.64 bits per heavy atom. The number of rotatable bonds is 5. The third-order valence-corrected chi connectivity index (χ3v) is 8.20. The van der Waals surface area contributed by atoms with Crippen LogP contribution in [0.4, 0.5) is 5.82 Å². The van der Waals surface area contributed by atoms with Crippen molar-refractivity contribution in [2.75, 3.05) is 0 Å². The van der Waals surface area contributed by atoms with Gasteiger partial charge in [0, 0.05) is 39.3 Å². The van der Waals surface area contributed by atoms with E-state index in [0.29, 0.717) is 11.5 Å². The van der Waals surface area contributed by atoms with Gasteiger partial charge in [-0.25, -0.2) is 15.0 Å². The Hall–Kier alpha value is -6.96. The smallest absolute Gasteiger partial charge is 0.270 e. The number of nitriles is 1. The number of hydrogen-bond acceptors (Lipinski definition) is 5. The SMILES string of the molecule is [C-]#[N+]c1cc(-c2cccc(-c3ccc4c(c3)c3cc(-c5cccc(-c6ccnc(C#N)c6)n5)ccc3n4-c3ccccc3)n2)ccn1. The van der Waals surface area contributed by atoms with Crippen LogP contribution in [0.3, 0.4) is 0 Å². The molecule has 0 aliphatic heterocycles. The van der Waals surface area contributed by atoms with Crippen LogP contribution in [0.2, 0.25) is 0 Å². The van der Waals surface area contributed by atoms with E-state index in [1.54, 1.807) is 24.5 Å². The largest absolute Gasteiger partial charge is 0.361 e. The zero-order chi connectivity index (χ0) is 31.7. The van der Waals surface area contributed by atoms with Gasteiger partial charge in [0.1, 0.15) is 18.0 Å². The van der Waals surface area contributed by atoms with E-state index < -0.39 is 0 Å². The minimum absolute atomic E-state index is 0.341. The molecule has 0 radical (unpaired) electrons. The fourth-order valence-electron chi connectivity index (χ4n) is 6.00. The van der Waals surface area contributed by atoms with E-state index in [4.69, 9.17) is 16.5 Å². The van der Waals surface area contributed by atoms with Crippen molar-refractivity contribution >= 4 is 27.6 Å². The Morgan fingerprint density at radius 1 is 0.553 bits per heavy atom. The molecule has 0 aliphatic rings. The van der Waals surface area contributed by atoms with Crippen molar-refractivity contribution in [1.82, 2.24) is 24.5 Å². The Bertz CT molecular complexity index is 2400. The summed E-state index contributed by atoms with van der Waals surface area (Å²) in [5, 5.41) is 11.5. The lowest BCUT2D eigenvalue weighted by molar-refractivity contribution is 1.18. The number of aromatic nitrogens is 5. The lowest BCUT2D eigenvalue weighted by Crippen LogP contribution is -1.93. The summed E-state index contributed by atoms with van der Waals surface area (Å²) in [4.78, 5) is 21.6. The highest BCUT2D eigenvalue weighted by molar-refractivity contribution is 6.11. The third-order valence-electron chi connectivity index (χ3n) is 8.20. The van der Waals surface area contributed by atoms with Crippen LogP contribution in [0, 0.1) is 17.9 Å². The summed E-state index contributed by atoms with van der Waals surface area (Å²) in [6.07, 6.45) is 3.28. The van der Waals surface area contributed by atoms with Gasteiger partial charge in [-0.3, -0.25) is 0 Å². The standard InChI is InChI=1S/C40H23N7/c1-42-40-24-29(18-20-44-40)37-12-6-10-35(46-37)27-14-16-39-33(23-27)32-22-26(13-15-38(32)47(39)31-7-3-2-4-8-31)34-9-5-11-36(45-34)28-17-19-43-30(21-28)25-41/h2-24H. The second kappa shape index (κ2) is 11.5. The van der Waals surface area contributed by atoms with Crippen LogP contribution in [0.25, 0.3) is 77.4 Å². The van der Waals surface area contributed by atoms with Crippen molar-refractivity contribution in [3.8, 4) is 56.8 Å². The van der Waals surface area contributed by atoms with Crippen LogP contribution in [0.5, 0.6) is 0 Å². The highest BCUT2D eigenvalue weighted by Crippen LogP contribution is 2.37. The van der Waals surface area contributed by atoms with Crippen LogP contribution in [0.1, 0.15) is 5.69 Å². The molecule has 218 valence electrons. The van der Waals surface area contributed by atoms with Crippen molar-refractivity contribution < 1.29 is 0 Å². The molecular formula is C40H23N7. The summed E-state index contributed by atoms with van der Waals surface area (Å²) >= 11 is 0. The fourth-order valence-corrected chi connectivity index (χ4v) is 6.00. The van der Waals surface area contributed by atoms with E-state index in [1.165, 1.54) is 0 Å².